The molecule has 2 aromatic carbocycles. The van der Waals surface area contributed by atoms with Crippen LogP contribution in [0.4, 0.5) is 0 Å². The van der Waals surface area contributed by atoms with Crippen molar-refractivity contribution in [3.05, 3.63) is 66.1 Å². The second kappa shape index (κ2) is 7.27. The molecule has 6 heteroatoms. The molecule has 134 valence electrons. The number of hydrogen-bond donors (Lipinski definition) is 1. The molecule has 1 fully saturated rings. The number of nitrogens with two attached hydrogens (primary N) is 1. The average molecular weight is 350 g/mol. The minimum absolute atomic E-state index is 0.112. The van der Waals surface area contributed by atoms with E-state index >= 15 is 0 Å². The van der Waals surface area contributed by atoms with Gasteiger partial charge < -0.3 is 15.0 Å². The van der Waals surface area contributed by atoms with Crippen molar-refractivity contribution in [1.29, 1.82) is 0 Å². The Morgan fingerprint density at radius 1 is 1.12 bits per heavy atom. The number of likely N-dealkylation sites (tertiary alicyclic amines) is 1. The Labute approximate surface area is 152 Å². The molecule has 26 heavy (non-hydrogen) atoms. The van der Waals surface area contributed by atoms with E-state index in [9.17, 15) is 0 Å². The van der Waals surface area contributed by atoms with E-state index < -0.39 is 0 Å². The first kappa shape index (κ1) is 16.8. The van der Waals surface area contributed by atoms with Gasteiger partial charge in [-0.3, -0.25) is 4.90 Å². The molecule has 0 unspecified atom stereocenters. The lowest BCUT2D eigenvalue weighted by atomic mass is 9.95. The van der Waals surface area contributed by atoms with E-state index in [1.54, 1.807) is 7.11 Å². The van der Waals surface area contributed by atoms with Crippen molar-refractivity contribution in [2.24, 2.45) is 5.73 Å². The van der Waals surface area contributed by atoms with Crippen molar-refractivity contribution in [3.63, 3.8) is 0 Å². The fraction of sp³-hybridized carbons (Fsp3) is 0.300. The van der Waals surface area contributed by atoms with Crippen LogP contribution in [-0.4, -0.2) is 41.3 Å². The maximum absolute atomic E-state index is 6.36. The zero-order chi connectivity index (χ0) is 17.9. The van der Waals surface area contributed by atoms with Gasteiger partial charge in [0.15, 0.2) is 0 Å². The first-order chi connectivity index (χ1) is 12.7. The second-order valence-corrected chi connectivity index (χ2v) is 6.62. The summed E-state index contributed by atoms with van der Waals surface area (Å²) in [5.74, 6) is 2.33. The summed E-state index contributed by atoms with van der Waals surface area (Å²) >= 11 is 0. The normalized spacial score (nSPS) is 20.4. The minimum atomic E-state index is 0.112. The summed E-state index contributed by atoms with van der Waals surface area (Å²) in [5.41, 5.74) is 8.55. The molecule has 0 spiro atoms. The van der Waals surface area contributed by atoms with Crippen LogP contribution in [0.2, 0.25) is 0 Å². The van der Waals surface area contributed by atoms with Crippen LogP contribution in [0.5, 0.6) is 5.75 Å². The van der Waals surface area contributed by atoms with Crippen LogP contribution in [0.15, 0.2) is 59.1 Å². The molecular formula is C20H22N4O2. The molecule has 0 saturated carbocycles. The van der Waals surface area contributed by atoms with Gasteiger partial charge in [0.25, 0.3) is 0 Å². The number of nitrogens with zero attached hydrogens (tertiary/aromatic N) is 3. The number of hydrogen-bond acceptors (Lipinski definition) is 6. The van der Waals surface area contributed by atoms with Gasteiger partial charge in [-0.1, -0.05) is 35.5 Å². The highest BCUT2D eigenvalue weighted by molar-refractivity contribution is 5.55. The van der Waals surface area contributed by atoms with Gasteiger partial charge in [0.2, 0.25) is 11.7 Å². The highest BCUT2D eigenvalue weighted by atomic mass is 16.5. The Morgan fingerprint density at radius 3 is 2.62 bits per heavy atom. The first-order valence-electron chi connectivity index (χ1n) is 8.73. The zero-order valence-electron chi connectivity index (χ0n) is 14.7. The van der Waals surface area contributed by atoms with Crippen molar-refractivity contribution in [3.8, 4) is 17.1 Å². The molecule has 4 rings (SSSR count). The maximum Gasteiger partial charge on any atom is 0.241 e. The van der Waals surface area contributed by atoms with E-state index in [1.807, 2.05) is 30.3 Å². The highest BCUT2D eigenvalue weighted by Crippen LogP contribution is 2.27. The lowest BCUT2D eigenvalue weighted by molar-refractivity contribution is 0.264. The Hall–Kier alpha value is -2.70. The van der Waals surface area contributed by atoms with Crippen LogP contribution in [0.25, 0.3) is 11.4 Å². The van der Waals surface area contributed by atoms with Gasteiger partial charge in [-0.05, 0) is 29.8 Å². The Morgan fingerprint density at radius 2 is 1.88 bits per heavy atom. The average Bonchev–Trinajstić information content (AvgIpc) is 3.29. The Kier molecular flexibility index (Phi) is 4.69. The molecule has 1 aliphatic rings. The van der Waals surface area contributed by atoms with Crippen molar-refractivity contribution in [2.45, 2.75) is 18.5 Å². The van der Waals surface area contributed by atoms with Gasteiger partial charge in [-0.15, -0.1) is 0 Å². The standard InChI is InChI=1S/C20H22N4O2/c1-25-16-9-7-15(8-10-16)20-22-19(26-23-20)13-24-11-17(18(21)12-24)14-5-3-2-4-6-14/h2-10,17-18H,11-13,21H2,1H3/t17-,18+/m0/s1. The second-order valence-electron chi connectivity index (χ2n) is 6.62. The summed E-state index contributed by atoms with van der Waals surface area (Å²) in [6.45, 7) is 2.32. The predicted molar refractivity (Wildman–Crippen MR) is 98.7 cm³/mol. The monoisotopic (exact) mass is 350 g/mol. The third-order valence-electron chi connectivity index (χ3n) is 4.84. The van der Waals surface area contributed by atoms with E-state index in [-0.39, 0.29) is 6.04 Å². The largest absolute Gasteiger partial charge is 0.497 e. The zero-order valence-corrected chi connectivity index (χ0v) is 14.7. The lowest BCUT2D eigenvalue weighted by Gasteiger charge is -2.14. The van der Waals surface area contributed by atoms with Gasteiger partial charge in [-0.2, -0.15) is 4.98 Å². The molecule has 3 aromatic rings. The summed E-state index contributed by atoms with van der Waals surface area (Å²) in [7, 11) is 1.64. The summed E-state index contributed by atoms with van der Waals surface area (Å²) in [6, 6.07) is 18.2. The van der Waals surface area contributed by atoms with Crippen LogP contribution in [0, 0.1) is 0 Å². The van der Waals surface area contributed by atoms with Crippen molar-refractivity contribution in [1.82, 2.24) is 15.0 Å². The molecule has 0 bridgehead atoms. The van der Waals surface area contributed by atoms with E-state index in [1.165, 1.54) is 5.56 Å². The van der Waals surface area contributed by atoms with Crippen LogP contribution < -0.4 is 10.5 Å². The summed E-state index contributed by atoms with van der Waals surface area (Å²) in [4.78, 5) is 6.79. The molecule has 0 aliphatic carbocycles. The van der Waals surface area contributed by atoms with Crippen molar-refractivity contribution >= 4 is 0 Å². The third-order valence-corrected chi connectivity index (χ3v) is 4.84. The fourth-order valence-corrected chi connectivity index (χ4v) is 3.46. The van der Waals surface area contributed by atoms with Crippen molar-refractivity contribution in [2.75, 3.05) is 20.2 Å². The molecular weight excluding hydrogens is 328 g/mol. The topological polar surface area (TPSA) is 77.4 Å². The maximum atomic E-state index is 6.36. The molecule has 0 amide bonds. The Bertz CT molecular complexity index is 848. The van der Waals surface area contributed by atoms with E-state index in [4.69, 9.17) is 15.0 Å². The minimum Gasteiger partial charge on any atom is -0.497 e. The van der Waals surface area contributed by atoms with Crippen molar-refractivity contribution < 1.29 is 9.26 Å². The van der Waals surface area contributed by atoms with Gasteiger partial charge in [0.05, 0.1) is 13.7 Å². The van der Waals surface area contributed by atoms with Gasteiger partial charge in [0.1, 0.15) is 5.75 Å². The molecule has 2 N–H and O–H groups in total. The number of rotatable bonds is 5. The van der Waals surface area contributed by atoms with Gasteiger partial charge >= 0.3 is 0 Å². The third kappa shape index (κ3) is 3.47. The fourth-order valence-electron chi connectivity index (χ4n) is 3.46. The molecule has 0 radical (unpaired) electrons. The number of benzene rings is 2. The molecule has 1 saturated heterocycles. The molecule has 2 atom stereocenters. The lowest BCUT2D eigenvalue weighted by Crippen LogP contribution is -2.28. The first-order valence-corrected chi connectivity index (χ1v) is 8.73. The van der Waals surface area contributed by atoms with E-state index in [0.29, 0.717) is 24.2 Å². The van der Waals surface area contributed by atoms with Crippen LogP contribution >= 0.6 is 0 Å². The molecule has 2 heterocycles. The SMILES string of the molecule is COc1ccc(-c2noc(CN3C[C@@H](N)[C@H](c4ccccc4)C3)n2)cc1. The number of ether oxygens (including phenoxy) is 1. The summed E-state index contributed by atoms with van der Waals surface area (Å²) in [5, 5.41) is 4.10. The van der Waals surface area contributed by atoms with E-state index in [2.05, 4.69) is 39.3 Å². The Balaban J connectivity index is 1.43. The van der Waals surface area contributed by atoms with Crippen LogP contribution in [0.3, 0.4) is 0 Å². The summed E-state index contributed by atoms with van der Waals surface area (Å²) in [6.07, 6.45) is 0. The predicted octanol–water partition coefficient (Wildman–Crippen LogP) is 2.67. The molecule has 6 nitrogen and oxygen atoms in total. The van der Waals surface area contributed by atoms with Gasteiger partial charge in [0, 0.05) is 30.6 Å². The quantitative estimate of drug-likeness (QED) is 0.762. The van der Waals surface area contributed by atoms with Gasteiger partial charge in [-0.25, -0.2) is 0 Å². The number of methoxy groups -OCH3 is 1. The number of aromatic nitrogens is 2. The summed E-state index contributed by atoms with van der Waals surface area (Å²) < 4.78 is 10.6. The highest BCUT2D eigenvalue weighted by Gasteiger charge is 2.32. The molecule has 1 aliphatic heterocycles. The van der Waals surface area contributed by atoms with Crippen LogP contribution in [-0.2, 0) is 6.54 Å². The smallest absolute Gasteiger partial charge is 0.241 e. The van der Waals surface area contributed by atoms with Crippen LogP contribution in [0.1, 0.15) is 17.4 Å². The van der Waals surface area contributed by atoms with E-state index in [0.717, 1.165) is 24.4 Å². The molecule has 1 aromatic heterocycles.